The van der Waals surface area contributed by atoms with Crippen molar-refractivity contribution in [3.05, 3.63) is 11.4 Å². The summed E-state index contributed by atoms with van der Waals surface area (Å²) in [6.07, 6.45) is 1.12. The zero-order chi connectivity index (χ0) is 15.3. The van der Waals surface area contributed by atoms with Crippen LogP contribution in [0.15, 0.2) is 0 Å². The van der Waals surface area contributed by atoms with Crippen LogP contribution in [0.5, 0.6) is 0 Å². The summed E-state index contributed by atoms with van der Waals surface area (Å²) in [6, 6.07) is 0.384. The molecule has 0 aliphatic heterocycles. The summed E-state index contributed by atoms with van der Waals surface area (Å²) in [5, 5.41) is 3.48. The second kappa shape index (κ2) is 7.16. The Morgan fingerprint density at radius 3 is 2.50 bits per heavy atom. The fourth-order valence-corrected chi connectivity index (χ4v) is 2.53. The zero-order valence-electron chi connectivity index (χ0n) is 13.6. The lowest BCUT2D eigenvalue weighted by Crippen LogP contribution is -2.22. The summed E-state index contributed by atoms with van der Waals surface area (Å²) in [5.74, 6) is 4.56. The van der Waals surface area contributed by atoms with Crippen molar-refractivity contribution in [3.8, 4) is 0 Å². The van der Waals surface area contributed by atoms with Gasteiger partial charge in [-0.3, -0.25) is 0 Å². The molecule has 4 nitrogen and oxygen atoms in total. The van der Waals surface area contributed by atoms with E-state index in [9.17, 15) is 0 Å². The second-order valence-corrected chi connectivity index (χ2v) is 7.58. The largest absolute Gasteiger partial charge is 0.383 e. The quantitative estimate of drug-likeness (QED) is 0.785. The van der Waals surface area contributed by atoms with Crippen molar-refractivity contribution in [2.75, 3.05) is 22.6 Å². The maximum absolute atomic E-state index is 6.02. The first-order valence-electron chi connectivity index (χ1n) is 7.24. The predicted molar refractivity (Wildman–Crippen MR) is 90.6 cm³/mol. The molecule has 20 heavy (non-hydrogen) atoms. The van der Waals surface area contributed by atoms with E-state index in [1.807, 2.05) is 18.7 Å². The van der Waals surface area contributed by atoms with E-state index in [0.717, 1.165) is 29.4 Å². The van der Waals surface area contributed by atoms with Gasteiger partial charge in [0.15, 0.2) is 0 Å². The van der Waals surface area contributed by atoms with E-state index in [2.05, 4.69) is 49.9 Å². The number of hydrogen-bond acceptors (Lipinski definition) is 5. The van der Waals surface area contributed by atoms with Crippen LogP contribution < -0.4 is 11.1 Å². The Balaban J connectivity index is 2.86. The molecule has 0 aliphatic carbocycles. The van der Waals surface area contributed by atoms with Gasteiger partial charge >= 0.3 is 0 Å². The Hall–Kier alpha value is -0.970. The van der Waals surface area contributed by atoms with Gasteiger partial charge in [0, 0.05) is 17.0 Å². The molecule has 0 aromatic carbocycles. The lowest BCUT2D eigenvalue weighted by Gasteiger charge is -2.21. The van der Waals surface area contributed by atoms with E-state index < -0.39 is 0 Å². The van der Waals surface area contributed by atoms with Gasteiger partial charge < -0.3 is 11.1 Å². The van der Waals surface area contributed by atoms with Gasteiger partial charge in [0.1, 0.15) is 17.5 Å². The molecule has 1 heterocycles. The Morgan fingerprint density at radius 2 is 1.95 bits per heavy atom. The van der Waals surface area contributed by atoms with Crippen molar-refractivity contribution in [2.24, 2.45) is 0 Å². The minimum atomic E-state index is -0.0977. The van der Waals surface area contributed by atoms with Crippen LogP contribution in [-0.2, 0) is 5.41 Å². The molecule has 0 saturated heterocycles. The highest BCUT2D eigenvalue weighted by molar-refractivity contribution is 7.99. The van der Waals surface area contributed by atoms with Crippen LogP contribution in [0.3, 0.4) is 0 Å². The van der Waals surface area contributed by atoms with Crippen LogP contribution >= 0.6 is 11.8 Å². The van der Waals surface area contributed by atoms with Crippen LogP contribution in [0.2, 0.25) is 0 Å². The number of aromatic nitrogens is 2. The van der Waals surface area contributed by atoms with Gasteiger partial charge in [-0.1, -0.05) is 27.7 Å². The van der Waals surface area contributed by atoms with Crippen LogP contribution in [0.25, 0.3) is 0 Å². The second-order valence-electron chi connectivity index (χ2n) is 6.19. The van der Waals surface area contributed by atoms with Crippen molar-refractivity contribution in [2.45, 2.75) is 59.4 Å². The minimum absolute atomic E-state index is 0.0977. The van der Waals surface area contributed by atoms with Crippen LogP contribution in [0.1, 0.15) is 52.4 Å². The topological polar surface area (TPSA) is 63.8 Å². The van der Waals surface area contributed by atoms with Gasteiger partial charge in [0.2, 0.25) is 0 Å². The fraction of sp³-hybridized carbons (Fsp3) is 0.733. The lowest BCUT2D eigenvalue weighted by molar-refractivity contribution is 0.545. The molecule has 0 amide bonds. The zero-order valence-corrected chi connectivity index (χ0v) is 14.4. The summed E-state index contributed by atoms with van der Waals surface area (Å²) < 4.78 is 0. The van der Waals surface area contributed by atoms with Crippen molar-refractivity contribution in [1.82, 2.24) is 9.97 Å². The molecule has 0 aliphatic rings. The first kappa shape index (κ1) is 17.1. The average molecular weight is 296 g/mol. The monoisotopic (exact) mass is 296 g/mol. The third-order valence-corrected chi connectivity index (χ3v) is 4.07. The maximum Gasteiger partial charge on any atom is 0.138 e. The molecular weight excluding hydrogens is 268 g/mol. The smallest absolute Gasteiger partial charge is 0.138 e. The normalized spacial score (nSPS) is 13.3. The lowest BCUT2D eigenvalue weighted by atomic mass is 9.95. The van der Waals surface area contributed by atoms with E-state index in [4.69, 9.17) is 5.73 Å². The number of nitrogens with two attached hydrogens (primary N) is 1. The summed E-state index contributed by atoms with van der Waals surface area (Å²) in [4.78, 5) is 9.07. The molecule has 1 atom stereocenters. The van der Waals surface area contributed by atoms with Gasteiger partial charge in [-0.15, -0.1) is 0 Å². The Bertz CT molecular complexity index is 440. The number of nitrogen functional groups attached to an aromatic ring is 1. The molecule has 0 spiro atoms. The van der Waals surface area contributed by atoms with E-state index in [0.29, 0.717) is 11.9 Å². The highest BCUT2D eigenvalue weighted by Crippen LogP contribution is 2.25. The minimum Gasteiger partial charge on any atom is -0.383 e. The number of nitrogens with zero attached hydrogens (tertiary/aromatic N) is 2. The number of anilines is 2. The van der Waals surface area contributed by atoms with Crippen molar-refractivity contribution < 1.29 is 0 Å². The first-order valence-corrected chi connectivity index (χ1v) is 8.40. The van der Waals surface area contributed by atoms with Gasteiger partial charge in [-0.05, 0) is 31.8 Å². The Morgan fingerprint density at radius 1 is 1.30 bits per heavy atom. The Labute approximate surface area is 127 Å². The van der Waals surface area contributed by atoms with Crippen molar-refractivity contribution >= 4 is 23.4 Å². The summed E-state index contributed by atoms with van der Waals surface area (Å²) in [6.45, 7) is 12.6. The van der Waals surface area contributed by atoms with Gasteiger partial charge in [0.05, 0.1) is 0 Å². The van der Waals surface area contributed by atoms with E-state index in [-0.39, 0.29) is 5.41 Å². The molecule has 114 valence electrons. The van der Waals surface area contributed by atoms with Crippen molar-refractivity contribution in [1.29, 1.82) is 0 Å². The van der Waals surface area contributed by atoms with Gasteiger partial charge in [-0.25, -0.2) is 9.97 Å². The molecule has 0 bridgehead atoms. The number of hydrogen-bond donors (Lipinski definition) is 2. The van der Waals surface area contributed by atoms with Crippen molar-refractivity contribution in [3.63, 3.8) is 0 Å². The highest BCUT2D eigenvalue weighted by Gasteiger charge is 2.20. The molecule has 1 rings (SSSR count). The Kier molecular flexibility index (Phi) is 6.11. The molecule has 0 radical (unpaired) electrons. The van der Waals surface area contributed by atoms with E-state index in [1.54, 1.807) is 0 Å². The number of thioether (sulfide) groups is 1. The molecular formula is C15H28N4S. The summed E-state index contributed by atoms with van der Waals surface area (Å²) in [7, 11) is 0. The maximum atomic E-state index is 6.02. The van der Waals surface area contributed by atoms with Gasteiger partial charge in [0.25, 0.3) is 0 Å². The average Bonchev–Trinajstić information content (AvgIpc) is 2.33. The van der Waals surface area contributed by atoms with Crippen LogP contribution in [0, 0.1) is 6.92 Å². The standard InChI is InChI=1S/C15H28N4S/c1-7-20-9-8-10(2)17-13-11(3)12(16)18-14(19-13)15(4,5)6/h10H,7-9H2,1-6H3,(H3,16,17,18,19). The first-order chi connectivity index (χ1) is 9.25. The molecule has 0 saturated carbocycles. The van der Waals surface area contributed by atoms with E-state index in [1.165, 1.54) is 5.75 Å². The number of rotatable bonds is 6. The molecule has 5 heteroatoms. The van der Waals surface area contributed by atoms with Gasteiger partial charge in [-0.2, -0.15) is 11.8 Å². The summed E-state index contributed by atoms with van der Waals surface area (Å²) in [5.41, 5.74) is 6.86. The fourth-order valence-electron chi connectivity index (χ4n) is 1.72. The molecule has 3 N–H and O–H groups in total. The molecule has 1 unspecified atom stereocenters. The summed E-state index contributed by atoms with van der Waals surface area (Å²) >= 11 is 1.96. The molecule has 1 aromatic heterocycles. The SMILES string of the molecule is CCSCCC(C)Nc1nc(C(C)(C)C)nc(N)c1C. The third-order valence-electron chi connectivity index (χ3n) is 3.14. The van der Waals surface area contributed by atoms with E-state index >= 15 is 0 Å². The van der Waals surface area contributed by atoms with Crippen LogP contribution in [0.4, 0.5) is 11.6 Å². The highest BCUT2D eigenvalue weighted by atomic mass is 32.2. The molecule has 0 fully saturated rings. The number of nitrogens with one attached hydrogen (secondary N) is 1. The third kappa shape index (κ3) is 4.85. The van der Waals surface area contributed by atoms with Crippen LogP contribution in [-0.4, -0.2) is 27.5 Å². The predicted octanol–water partition coefficient (Wildman–Crippen LogP) is 3.61. The molecule has 1 aromatic rings.